The lowest BCUT2D eigenvalue weighted by atomic mass is 10.1. The first-order valence-electron chi connectivity index (χ1n) is 9.31. The van der Waals surface area contributed by atoms with Crippen molar-refractivity contribution in [2.24, 2.45) is 0 Å². The zero-order valence-corrected chi connectivity index (χ0v) is 15.5. The molecule has 27 heavy (non-hydrogen) atoms. The maximum atomic E-state index is 12.4. The van der Waals surface area contributed by atoms with Crippen LogP contribution in [0.5, 0.6) is 0 Å². The van der Waals surface area contributed by atoms with Gasteiger partial charge in [-0.05, 0) is 42.3 Å². The standard InChI is InChI=1S/C20H25N3O4/c1-14-2-5-19(27-14)18(23-6-8-25-9-7-23)11-21-20(24)22-17-4-3-15-12-26-13-16(15)10-17/h2-5,10,18H,6-9,11-13H2,1H3,(H2,21,22,24)/t18-/m0/s1. The number of amides is 2. The highest BCUT2D eigenvalue weighted by molar-refractivity contribution is 5.89. The fraction of sp³-hybridized carbons (Fsp3) is 0.450. The molecule has 1 atom stereocenters. The number of carbonyl (C=O) groups is 1. The Bertz CT molecular complexity index is 798. The Morgan fingerprint density at radius 2 is 1.93 bits per heavy atom. The summed E-state index contributed by atoms with van der Waals surface area (Å²) in [5.74, 6) is 1.73. The summed E-state index contributed by atoms with van der Waals surface area (Å²) in [4.78, 5) is 14.7. The third-order valence-corrected chi connectivity index (χ3v) is 5.01. The topological polar surface area (TPSA) is 76.0 Å². The number of nitrogens with one attached hydrogen (secondary N) is 2. The third-order valence-electron chi connectivity index (χ3n) is 5.01. The zero-order chi connectivity index (χ0) is 18.6. The van der Waals surface area contributed by atoms with Gasteiger partial charge in [-0.15, -0.1) is 0 Å². The molecule has 2 N–H and O–H groups in total. The molecule has 1 saturated heterocycles. The van der Waals surface area contributed by atoms with E-state index >= 15 is 0 Å². The van der Waals surface area contributed by atoms with Crippen molar-refractivity contribution in [2.45, 2.75) is 26.2 Å². The van der Waals surface area contributed by atoms with Crippen LogP contribution in [0.2, 0.25) is 0 Å². The average Bonchev–Trinajstić information content (AvgIpc) is 3.31. The molecular weight excluding hydrogens is 346 g/mol. The number of hydrogen-bond donors (Lipinski definition) is 2. The lowest BCUT2D eigenvalue weighted by Gasteiger charge is -2.33. The molecule has 144 valence electrons. The summed E-state index contributed by atoms with van der Waals surface area (Å²) in [6, 6.07) is 9.57. The highest BCUT2D eigenvalue weighted by Crippen LogP contribution is 2.24. The molecule has 2 aliphatic heterocycles. The van der Waals surface area contributed by atoms with Gasteiger partial charge < -0.3 is 24.5 Å². The zero-order valence-electron chi connectivity index (χ0n) is 15.5. The molecule has 0 spiro atoms. The molecular formula is C20H25N3O4. The Morgan fingerprint density at radius 3 is 2.70 bits per heavy atom. The fourth-order valence-corrected chi connectivity index (χ4v) is 3.55. The molecule has 1 aromatic carbocycles. The molecule has 2 aliphatic rings. The van der Waals surface area contributed by atoms with Gasteiger partial charge >= 0.3 is 6.03 Å². The van der Waals surface area contributed by atoms with Crippen molar-refractivity contribution in [3.8, 4) is 0 Å². The first-order chi connectivity index (χ1) is 13.2. The van der Waals surface area contributed by atoms with E-state index < -0.39 is 0 Å². The van der Waals surface area contributed by atoms with Gasteiger partial charge in [0.1, 0.15) is 11.5 Å². The first-order valence-corrected chi connectivity index (χ1v) is 9.31. The quantitative estimate of drug-likeness (QED) is 0.845. The second-order valence-electron chi connectivity index (χ2n) is 6.92. The maximum Gasteiger partial charge on any atom is 0.319 e. The number of morpholine rings is 1. The Kier molecular flexibility index (Phi) is 5.42. The largest absolute Gasteiger partial charge is 0.465 e. The van der Waals surface area contributed by atoms with Crippen LogP contribution >= 0.6 is 0 Å². The summed E-state index contributed by atoms with van der Waals surface area (Å²) < 4.78 is 16.7. The molecule has 2 amide bonds. The number of urea groups is 1. The van der Waals surface area contributed by atoms with Crippen molar-refractivity contribution in [1.29, 1.82) is 0 Å². The summed E-state index contributed by atoms with van der Waals surface area (Å²) in [6.45, 7) is 6.66. The van der Waals surface area contributed by atoms with Crippen LogP contribution in [-0.4, -0.2) is 43.8 Å². The van der Waals surface area contributed by atoms with Crippen LogP contribution in [0, 0.1) is 6.92 Å². The van der Waals surface area contributed by atoms with Crippen molar-refractivity contribution in [3.63, 3.8) is 0 Å². The summed E-state index contributed by atoms with van der Waals surface area (Å²) >= 11 is 0. The highest BCUT2D eigenvalue weighted by atomic mass is 16.5. The van der Waals surface area contributed by atoms with E-state index in [4.69, 9.17) is 13.9 Å². The molecule has 0 bridgehead atoms. The van der Waals surface area contributed by atoms with Gasteiger partial charge in [0.25, 0.3) is 0 Å². The van der Waals surface area contributed by atoms with Gasteiger partial charge in [0.15, 0.2) is 0 Å². The molecule has 3 heterocycles. The average molecular weight is 371 g/mol. The molecule has 0 unspecified atom stereocenters. The van der Waals surface area contributed by atoms with Crippen molar-refractivity contribution in [1.82, 2.24) is 10.2 Å². The second kappa shape index (κ2) is 8.12. The predicted molar refractivity (Wildman–Crippen MR) is 101 cm³/mol. The fourth-order valence-electron chi connectivity index (χ4n) is 3.55. The number of anilines is 1. The molecule has 0 radical (unpaired) electrons. The van der Waals surface area contributed by atoms with Crippen LogP contribution in [0.1, 0.15) is 28.7 Å². The molecule has 2 aromatic rings. The van der Waals surface area contributed by atoms with Gasteiger partial charge in [0, 0.05) is 25.3 Å². The number of hydrogen-bond acceptors (Lipinski definition) is 5. The molecule has 7 heteroatoms. The lowest BCUT2D eigenvalue weighted by molar-refractivity contribution is 0.0122. The van der Waals surface area contributed by atoms with E-state index in [0.29, 0.717) is 33.0 Å². The molecule has 1 fully saturated rings. The van der Waals surface area contributed by atoms with Gasteiger partial charge in [0.2, 0.25) is 0 Å². The minimum atomic E-state index is -0.226. The number of rotatable bonds is 5. The van der Waals surface area contributed by atoms with Gasteiger partial charge in [-0.25, -0.2) is 4.79 Å². The molecule has 0 aliphatic carbocycles. The van der Waals surface area contributed by atoms with Gasteiger partial charge in [-0.1, -0.05) is 6.07 Å². The smallest absolute Gasteiger partial charge is 0.319 e. The molecule has 4 rings (SSSR count). The van der Waals surface area contributed by atoms with Crippen LogP contribution in [-0.2, 0) is 22.7 Å². The van der Waals surface area contributed by atoms with E-state index in [0.717, 1.165) is 35.9 Å². The Hall–Kier alpha value is -2.35. The number of ether oxygens (including phenoxy) is 2. The first kappa shape index (κ1) is 18.0. The van der Waals surface area contributed by atoms with E-state index in [1.165, 1.54) is 5.56 Å². The highest BCUT2D eigenvalue weighted by Gasteiger charge is 2.25. The van der Waals surface area contributed by atoms with Crippen LogP contribution in [0.4, 0.5) is 10.5 Å². The van der Waals surface area contributed by atoms with Crippen molar-refractivity contribution in [3.05, 3.63) is 53.0 Å². The Labute approximate surface area is 158 Å². The summed E-state index contributed by atoms with van der Waals surface area (Å²) in [7, 11) is 0. The Morgan fingerprint density at radius 1 is 1.11 bits per heavy atom. The number of carbonyl (C=O) groups excluding carboxylic acids is 1. The van der Waals surface area contributed by atoms with Crippen molar-refractivity contribution in [2.75, 3.05) is 38.2 Å². The van der Waals surface area contributed by atoms with E-state index in [1.807, 2.05) is 37.3 Å². The predicted octanol–water partition coefficient (Wildman–Crippen LogP) is 2.81. The van der Waals surface area contributed by atoms with Gasteiger partial charge in [-0.2, -0.15) is 0 Å². The summed E-state index contributed by atoms with van der Waals surface area (Å²) in [6.07, 6.45) is 0. The van der Waals surface area contributed by atoms with E-state index in [1.54, 1.807) is 0 Å². The summed E-state index contributed by atoms with van der Waals surface area (Å²) in [5, 5.41) is 5.89. The minimum Gasteiger partial charge on any atom is -0.465 e. The molecule has 7 nitrogen and oxygen atoms in total. The number of aryl methyl sites for hydroxylation is 1. The van der Waals surface area contributed by atoms with Crippen LogP contribution in [0.3, 0.4) is 0 Å². The monoisotopic (exact) mass is 371 g/mol. The lowest BCUT2D eigenvalue weighted by Crippen LogP contribution is -2.44. The van der Waals surface area contributed by atoms with E-state index in [2.05, 4.69) is 15.5 Å². The number of benzene rings is 1. The third kappa shape index (κ3) is 4.32. The minimum absolute atomic E-state index is 0.0122. The molecule has 0 saturated carbocycles. The number of fused-ring (bicyclic) bond motifs is 1. The van der Waals surface area contributed by atoms with Crippen molar-refractivity contribution >= 4 is 11.7 Å². The van der Waals surface area contributed by atoms with Crippen molar-refractivity contribution < 1.29 is 18.7 Å². The van der Waals surface area contributed by atoms with E-state index in [9.17, 15) is 4.79 Å². The Balaban J connectivity index is 1.38. The molecule has 1 aromatic heterocycles. The summed E-state index contributed by atoms with van der Waals surface area (Å²) in [5.41, 5.74) is 3.08. The van der Waals surface area contributed by atoms with E-state index in [-0.39, 0.29) is 12.1 Å². The number of furan rings is 1. The number of nitrogens with zero attached hydrogens (tertiary/aromatic N) is 1. The SMILES string of the molecule is Cc1ccc([C@H](CNC(=O)Nc2ccc3c(c2)COC3)N2CCOCC2)o1. The maximum absolute atomic E-state index is 12.4. The van der Waals surface area contributed by atoms with Crippen LogP contribution < -0.4 is 10.6 Å². The second-order valence-corrected chi connectivity index (χ2v) is 6.92. The van der Waals surface area contributed by atoms with Gasteiger partial charge in [-0.3, -0.25) is 4.90 Å². The van der Waals surface area contributed by atoms with Gasteiger partial charge in [0.05, 0.1) is 32.5 Å². The normalized spacial score (nSPS) is 18.1. The van der Waals surface area contributed by atoms with Crippen LogP contribution in [0.15, 0.2) is 34.7 Å². The van der Waals surface area contributed by atoms with Crippen LogP contribution in [0.25, 0.3) is 0 Å².